The predicted molar refractivity (Wildman–Crippen MR) is 130 cm³/mol. The van der Waals surface area contributed by atoms with Crippen LogP contribution in [0.3, 0.4) is 0 Å². The van der Waals surface area contributed by atoms with Crippen molar-refractivity contribution in [2.75, 3.05) is 26.2 Å². The molecule has 4 aromatic rings. The lowest BCUT2D eigenvalue weighted by molar-refractivity contribution is 0.0917. The van der Waals surface area contributed by atoms with Crippen LogP contribution in [0.25, 0.3) is 16.6 Å². The smallest absolute Gasteiger partial charge is 0.264 e. The van der Waals surface area contributed by atoms with Gasteiger partial charge in [0.15, 0.2) is 0 Å². The van der Waals surface area contributed by atoms with Crippen molar-refractivity contribution in [1.29, 1.82) is 0 Å². The maximum atomic E-state index is 14.1. The van der Waals surface area contributed by atoms with Gasteiger partial charge in [-0.15, -0.1) is 5.10 Å². The van der Waals surface area contributed by atoms with Crippen molar-refractivity contribution in [3.05, 3.63) is 65.7 Å². The lowest BCUT2D eigenvalue weighted by Gasteiger charge is -2.41. The van der Waals surface area contributed by atoms with E-state index in [-0.39, 0.29) is 36.5 Å². The Bertz CT molecular complexity index is 1500. The minimum absolute atomic E-state index is 0.108. The number of nitrogens with zero attached hydrogens (tertiary/aromatic N) is 7. The molecule has 2 atom stereocenters. The molecule has 1 aliphatic heterocycles. The van der Waals surface area contributed by atoms with E-state index in [0.717, 1.165) is 27.7 Å². The van der Waals surface area contributed by atoms with Gasteiger partial charge in [0.2, 0.25) is 5.03 Å². The fourth-order valence-corrected chi connectivity index (χ4v) is 6.10. The number of hydrogen-bond donors (Lipinski definition) is 0. The molecule has 2 aromatic heterocycles. The minimum atomic E-state index is -3.85. The van der Waals surface area contributed by atoms with Crippen molar-refractivity contribution in [3.8, 4) is 5.69 Å². The molecule has 0 aliphatic carbocycles. The van der Waals surface area contributed by atoms with Crippen LogP contribution in [-0.4, -0.2) is 74.7 Å². The first-order valence-electron chi connectivity index (χ1n) is 11.6. The number of aromatic nitrogens is 5. The average Bonchev–Trinajstić information content (AvgIpc) is 3.45. The fraction of sp³-hybridized carbons (Fsp3) is 0.375. The van der Waals surface area contributed by atoms with Gasteiger partial charge >= 0.3 is 0 Å². The van der Waals surface area contributed by atoms with Crippen molar-refractivity contribution in [2.45, 2.75) is 31.1 Å². The number of piperazine rings is 1. The molecule has 0 bridgehead atoms. The Hall–Kier alpha value is -3.22. The van der Waals surface area contributed by atoms with Gasteiger partial charge in [0, 0.05) is 44.7 Å². The summed E-state index contributed by atoms with van der Waals surface area (Å²) in [5.41, 5.74) is 3.39. The molecule has 9 nitrogen and oxygen atoms in total. The van der Waals surface area contributed by atoms with Crippen LogP contribution in [0.15, 0.2) is 53.8 Å². The Kier molecular flexibility index (Phi) is 6.35. The van der Waals surface area contributed by atoms with Crippen LogP contribution in [0.2, 0.25) is 0 Å². The Morgan fingerprint density at radius 1 is 1.11 bits per heavy atom. The topological polar surface area (TPSA) is 89.2 Å². The second kappa shape index (κ2) is 9.34. The van der Waals surface area contributed by atoms with Gasteiger partial charge < -0.3 is 0 Å². The van der Waals surface area contributed by atoms with E-state index in [9.17, 15) is 17.2 Å². The number of fused-ring (bicyclic) bond motifs is 1. The summed E-state index contributed by atoms with van der Waals surface area (Å²) in [5.74, 6) is -0.325. The maximum Gasteiger partial charge on any atom is 0.264 e. The summed E-state index contributed by atoms with van der Waals surface area (Å²) in [6.45, 7) is 4.41. The first-order valence-corrected chi connectivity index (χ1v) is 13.1. The molecule has 0 radical (unpaired) electrons. The van der Waals surface area contributed by atoms with Gasteiger partial charge in [-0.05, 0) is 61.4 Å². The van der Waals surface area contributed by atoms with E-state index in [1.807, 2.05) is 24.0 Å². The van der Waals surface area contributed by atoms with Gasteiger partial charge in [0.25, 0.3) is 10.0 Å². The normalized spacial score (nSPS) is 18.6. The number of hydrogen-bond acceptors (Lipinski definition) is 6. The number of alkyl halides is 1. The highest BCUT2D eigenvalue weighted by molar-refractivity contribution is 7.89. The van der Waals surface area contributed by atoms with E-state index in [4.69, 9.17) is 0 Å². The first-order chi connectivity index (χ1) is 17.1. The van der Waals surface area contributed by atoms with Gasteiger partial charge in [-0.1, -0.05) is 0 Å². The van der Waals surface area contributed by atoms with Gasteiger partial charge in [-0.3, -0.25) is 4.90 Å². The van der Waals surface area contributed by atoms with Crippen molar-refractivity contribution in [3.63, 3.8) is 0 Å². The molecule has 0 spiro atoms. The van der Waals surface area contributed by atoms with Crippen molar-refractivity contribution in [2.24, 2.45) is 7.05 Å². The standard InChI is InChI=1S/C24H27F2N7O2S/c1-16-10-22-18(12-28-33(22)20-6-4-19(26)5-7-20)11-21(16)23-15-32(9-8-31(23)14-17(2)25)36(34,35)24-13-27-30(3)29-24/h4-7,10-13,17,23H,8-9,14-15H2,1-3H3/t17-,23+/m1/s1. The molecule has 1 fully saturated rings. The Morgan fingerprint density at radius 3 is 2.53 bits per heavy atom. The molecule has 0 saturated carbocycles. The summed E-state index contributed by atoms with van der Waals surface area (Å²) in [6.07, 6.45) is 1.89. The zero-order valence-corrected chi connectivity index (χ0v) is 21.0. The highest BCUT2D eigenvalue weighted by atomic mass is 32.2. The van der Waals surface area contributed by atoms with Crippen LogP contribution in [0.4, 0.5) is 8.78 Å². The lowest BCUT2D eigenvalue weighted by atomic mass is 9.96. The van der Waals surface area contributed by atoms with Crippen LogP contribution >= 0.6 is 0 Å². The van der Waals surface area contributed by atoms with Gasteiger partial charge in [-0.25, -0.2) is 21.9 Å². The van der Waals surface area contributed by atoms with Gasteiger partial charge in [0.05, 0.1) is 23.6 Å². The molecule has 1 aliphatic rings. The second-order valence-electron chi connectivity index (χ2n) is 9.13. The number of sulfonamides is 1. The quantitative estimate of drug-likeness (QED) is 0.392. The zero-order chi connectivity index (χ0) is 25.6. The van der Waals surface area contributed by atoms with Crippen LogP contribution in [0, 0.1) is 12.7 Å². The molecule has 0 unspecified atom stereocenters. The Labute approximate surface area is 208 Å². The van der Waals surface area contributed by atoms with Crippen LogP contribution in [-0.2, 0) is 17.1 Å². The molecule has 2 aromatic carbocycles. The van der Waals surface area contributed by atoms with Crippen molar-refractivity contribution in [1.82, 2.24) is 34.0 Å². The third-order valence-electron chi connectivity index (χ3n) is 6.51. The van der Waals surface area contributed by atoms with Crippen molar-refractivity contribution < 1.29 is 17.2 Å². The van der Waals surface area contributed by atoms with E-state index in [2.05, 4.69) is 15.3 Å². The molecule has 36 heavy (non-hydrogen) atoms. The maximum absolute atomic E-state index is 14.1. The van der Waals surface area contributed by atoms with E-state index in [0.29, 0.717) is 6.54 Å². The zero-order valence-electron chi connectivity index (χ0n) is 20.2. The van der Waals surface area contributed by atoms with Crippen molar-refractivity contribution >= 4 is 20.9 Å². The molecule has 0 amide bonds. The Balaban J connectivity index is 1.53. The molecule has 0 N–H and O–H groups in total. The van der Waals surface area contributed by atoms with Gasteiger partial charge in [-0.2, -0.15) is 19.3 Å². The summed E-state index contributed by atoms with van der Waals surface area (Å²) in [6, 6.07) is 9.69. The third kappa shape index (κ3) is 4.51. The van der Waals surface area contributed by atoms with Crippen LogP contribution in [0.1, 0.15) is 24.1 Å². The molecular weight excluding hydrogens is 488 g/mol. The number of aryl methyl sites for hydroxylation is 2. The Morgan fingerprint density at radius 2 is 1.86 bits per heavy atom. The SMILES string of the molecule is Cc1cc2c(cnn2-c2ccc(F)cc2)cc1[C@@H]1CN(S(=O)(=O)c2cnn(C)n2)CCN1C[C@@H](C)F. The number of rotatable bonds is 6. The van der Waals surface area contributed by atoms with Gasteiger partial charge in [0.1, 0.15) is 12.0 Å². The van der Waals surface area contributed by atoms with Crippen LogP contribution < -0.4 is 0 Å². The molecule has 12 heteroatoms. The van der Waals surface area contributed by atoms with E-state index in [1.54, 1.807) is 30.1 Å². The highest BCUT2D eigenvalue weighted by Gasteiger charge is 2.37. The summed E-state index contributed by atoms with van der Waals surface area (Å²) in [5, 5.41) is 13.1. The molecule has 3 heterocycles. The largest absolute Gasteiger partial charge is 0.291 e. The van der Waals surface area contributed by atoms with E-state index >= 15 is 0 Å². The molecular formula is C24H27F2N7O2S. The monoisotopic (exact) mass is 515 g/mol. The lowest BCUT2D eigenvalue weighted by Crippen LogP contribution is -2.51. The summed E-state index contributed by atoms with van der Waals surface area (Å²) in [4.78, 5) is 3.20. The molecule has 190 valence electrons. The van der Waals surface area contributed by atoms with Crippen LogP contribution in [0.5, 0.6) is 0 Å². The van der Waals surface area contributed by atoms with E-state index < -0.39 is 16.2 Å². The molecule has 1 saturated heterocycles. The summed E-state index contributed by atoms with van der Waals surface area (Å²) in [7, 11) is -2.29. The van der Waals surface area contributed by atoms with E-state index in [1.165, 1.54) is 34.4 Å². The molecule has 5 rings (SSSR count). The predicted octanol–water partition coefficient (Wildman–Crippen LogP) is 3.01. The fourth-order valence-electron chi connectivity index (χ4n) is 4.77. The minimum Gasteiger partial charge on any atom is -0.291 e. The summed E-state index contributed by atoms with van der Waals surface area (Å²) >= 11 is 0. The average molecular weight is 516 g/mol. The number of halogens is 2. The third-order valence-corrected chi connectivity index (χ3v) is 8.24. The second-order valence-corrected chi connectivity index (χ2v) is 11.0. The number of benzene rings is 2. The first kappa shape index (κ1) is 24.5. The summed E-state index contributed by atoms with van der Waals surface area (Å²) < 4.78 is 57.2. The highest BCUT2D eigenvalue weighted by Crippen LogP contribution is 2.33.